The molecule has 0 aromatic carbocycles. The number of hydrogen-bond donors (Lipinski definition) is 1. The molecule has 90 valence electrons. The Labute approximate surface area is 98.1 Å². The molecule has 0 bridgehead atoms. The number of nitrogens with one attached hydrogen (secondary N) is 1. The maximum absolute atomic E-state index is 11.1. The summed E-state index contributed by atoms with van der Waals surface area (Å²) in [4.78, 5) is 8.01. The van der Waals surface area contributed by atoms with Gasteiger partial charge in [0.2, 0.25) is 5.88 Å². The highest BCUT2D eigenvalue weighted by Crippen LogP contribution is 2.10. The average Bonchev–Trinajstić information content (AvgIpc) is 2.26. The third-order valence-electron chi connectivity index (χ3n) is 2.07. The maximum atomic E-state index is 11.1. The fourth-order valence-corrected chi connectivity index (χ4v) is 1.35. The second kappa shape index (κ2) is 6.42. The molecule has 0 amide bonds. The molecule has 0 unspecified atom stereocenters. The van der Waals surface area contributed by atoms with E-state index in [1.54, 1.807) is 12.3 Å². The fraction of sp³-hybridized carbons (Fsp3) is 0.600. The van der Waals surface area contributed by atoms with Crippen LogP contribution in [0.4, 0.5) is 5.82 Å². The number of aromatic nitrogens is 2. The highest BCUT2D eigenvalue weighted by Gasteiger charge is 2.06. The van der Waals surface area contributed by atoms with Gasteiger partial charge < -0.3 is 10.1 Å². The maximum Gasteiger partial charge on any atom is 0.218 e. The molecular weight excluding hydrogens is 226 g/mol. The Bertz CT molecular complexity index is 360. The van der Waals surface area contributed by atoms with Gasteiger partial charge in [-0.15, -0.1) is 0 Å². The summed E-state index contributed by atoms with van der Waals surface area (Å²) in [5.74, 6) is 1.24. The minimum Gasteiger partial charge on any atom is -0.478 e. The zero-order valence-corrected chi connectivity index (χ0v) is 10.6. The molecular formula is C10H17N3O2S. The van der Waals surface area contributed by atoms with Gasteiger partial charge in [-0.3, -0.25) is 4.21 Å². The van der Waals surface area contributed by atoms with Crippen molar-refractivity contribution in [3.05, 3.63) is 12.4 Å². The summed E-state index contributed by atoms with van der Waals surface area (Å²) in [6.07, 6.45) is 3.14. The Morgan fingerprint density at radius 1 is 1.56 bits per heavy atom. The van der Waals surface area contributed by atoms with E-state index in [9.17, 15) is 4.21 Å². The van der Waals surface area contributed by atoms with Crippen LogP contribution in [0.15, 0.2) is 12.4 Å². The van der Waals surface area contributed by atoms with Gasteiger partial charge in [-0.25, -0.2) is 9.97 Å². The largest absolute Gasteiger partial charge is 0.478 e. The van der Waals surface area contributed by atoms with Crippen LogP contribution in [0.3, 0.4) is 0 Å². The van der Waals surface area contributed by atoms with Crippen LogP contribution in [0.25, 0.3) is 0 Å². The van der Waals surface area contributed by atoms with E-state index in [0.29, 0.717) is 24.8 Å². The molecule has 1 aromatic heterocycles. The number of nitrogens with zero attached hydrogens (tertiary/aromatic N) is 2. The molecule has 0 saturated heterocycles. The van der Waals surface area contributed by atoms with Crippen LogP contribution >= 0.6 is 0 Å². The minimum absolute atomic E-state index is 0.0884. The van der Waals surface area contributed by atoms with Crippen LogP contribution in [-0.4, -0.2) is 38.8 Å². The fourth-order valence-electron chi connectivity index (χ4n) is 1.03. The number of hydrogen-bond acceptors (Lipinski definition) is 5. The second-order valence-electron chi connectivity index (χ2n) is 3.36. The van der Waals surface area contributed by atoms with E-state index in [2.05, 4.69) is 15.3 Å². The average molecular weight is 243 g/mol. The molecule has 1 aromatic rings. The van der Waals surface area contributed by atoms with Crippen molar-refractivity contribution in [2.45, 2.75) is 19.1 Å². The van der Waals surface area contributed by atoms with E-state index in [1.807, 2.05) is 13.8 Å². The smallest absolute Gasteiger partial charge is 0.218 e. The number of ether oxygens (including phenoxy) is 1. The number of rotatable bonds is 6. The normalized spacial score (nSPS) is 14.2. The van der Waals surface area contributed by atoms with Gasteiger partial charge in [-0.2, -0.15) is 0 Å². The SMILES string of the molecule is CCOc1cc(NC[C@H](C)[S@@](C)=O)ncn1. The number of anilines is 1. The highest BCUT2D eigenvalue weighted by atomic mass is 32.2. The van der Waals surface area contributed by atoms with Gasteiger partial charge in [-0.05, 0) is 13.8 Å². The van der Waals surface area contributed by atoms with Crippen LogP contribution in [0.5, 0.6) is 5.88 Å². The van der Waals surface area contributed by atoms with E-state index >= 15 is 0 Å². The first-order chi connectivity index (χ1) is 7.63. The zero-order valence-electron chi connectivity index (χ0n) is 9.77. The summed E-state index contributed by atoms with van der Waals surface area (Å²) >= 11 is 0. The molecule has 2 atom stereocenters. The molecule has 0 aliphatic heterocycles. The molecule has 5 nitrogen and oxygen atoms in total. The molecule has 0 saturated carbocycles. The van der Waals surface area contributed by atoms with Crippen molar-refractivity contribution in [1.82, 2.24) is 9.97 Å². The van der Waals surface area contributed by atoms with Crippen molar-refractivity contribution in [1.29, 1.82) is 0 Å². The van der Waals surface area contributed by atoms with Crippen molar-refractivity contribution in [3.8, 4) is 5.88 Å². The van der Waals surface area contributed by atoms with Gasteiger partial charge in [0.25, 0.3) is 0 Å². The van der Waals surface area contributed by atoms with Crippen molar-refractivity contribution < 1.29 is 8.95 Å². The van der Waals surface area contributed by atoms with Crippen LogP contribution in [0.1, 0.15) is 13.8 Å². The van der Waals surface area contributed by atoms with E-state index in [4.69, 9.17) is 4.74 Å². The highest BCUT2D eigenvalue weighted by molar-refractivity contribution is 7.84. The summed E-state index contributed by atoms with van der Waals surface area (Å²) in [6.45, 7) is 5.02. The van der Waals surface area contributed by atoms with Crippen molar-refractivity contribution in [2.24, 2.45) is 0 Å². The summed E-state index contributed by atoms with van der Waals surface area (Å²) in [6, 6.07) is 1.73. The Balaban J connectivity index is 2.53. The van der Waals surface area contributed by atoms with E-state index in [0.717, 1.165) is 0 Å². The molecule has 1 rings (SSSR count). The van der Waals surface area contributed by atoms with Gasteiger partial charge in [0.1, 0.15) is 12.1 Å². The molecule has 6 heteroatoms. The molecule has 1 N–H and O–H groups in total. The van der Waals surface area contributed by atoms with E-state index in [1.165, 1.54) is 6.33 Å². The van der Waals surface area contributed by atoms with Gasteiger partial charge in [-0.1, -0.05) is 0 Å². The van der Waals surface area contributed by atoms with Gasteiger partial charge in [0.15, 0.2) is 0 Å². The second-order valence-corrected chi connectivity index (χ2v) is 5.17. The third kappa shape index (κ3) is 4.14. The summed E-state index contributed by atoms with van der Waals surface area (Å²) in [5, 5.41) is 3.19. The Kier molecular flexibility index (Phi) is 5.18. The topological polar surface area (TPSA) is 64.1 Å². The standard InChI is InChI=1S/C10H17N3O2S/c1-4-15-10-5-9(12-7-13-10)11-6-8(2)16(3)14/h5,7-8H,4,6H2,1-3H3,(H,11,12,13)/t8-,16+/m0/s1. The molecule has 1 heterocycles. The molecule has 0 radical (unpaired) electrons. The Morgan fingerprint density at radius 3 is 2.94 bits per heavy atom. The Hall–Kier alpha value is -1.17. The lowest BCUT2D eigenvalue weighted by Crippen LogP contribution is -2.21. The third-order valence-corrected chi connectivity index (χ3v) is 3.37. The van der Waals surface area contributed by atoms with Crippen LogP contribution in [0, 0.1) is 0 Å². The van der Waals surface area contributed by atoms with Crippen LogP contribution < -0.4 is 10.1 Å². The lowest BCUT2D eigenvalue weighted by Gasteiger charge is -2.10. The summed E-state index contributed by atoms with van der Waals surface area (Å²) in [7, 11) is -0.830. The first kappa shape index (κ1) is 12.9. The van der Waals surface area contributed by atoms with Gasteiger partial charge in [0.05, 0.1) is 6.61 Å². The quantitative estimate of drug-likeness (QED) is 0.809. The molecule has 0 spiro atoms. The summed E-state index contributed by atoms with van der Waals surface area (Å²) in [5.41, 5.74) is 0. The zero-order chi connectivity index (χ0) is 12.0. The first-order valence-corrected chi connectivity index (χ1v) is 6.76. The van der Waals surface area contributed by atoms with Crippen molar-refractivity contribution >= 4 is 16.6 Å². The van der Waals surface area contributed by atoms with E-state index in [-0.39, 0.29) is 5.25 Å². The lowest BCUT2D eigenvalue weighted by molar-refractivity contribution is 0.326. The van der Waals surface area contributed by atoms with Gasteiger partial charge >= 0.3 is 0 Å². The van der Waals surface area contributed by atoms with E-state index < -0.39 is 10.8 Å². The minimum atomic E-state index is -0.830. The molecule has 16 heavy (non-hydrogen) atoms. The summed E-state index contributed by atoms with van der Waals surface area (Å²) < 4.78 is 16.4. The Morgan fingerprint density at radius 2 is 2.31 bits per heavy atom. The van der Waals surface area contributed by atoms with Gasteiger partial charge in [0, 0.05) is 34.9 Å². The monoisotopic (exact) mass is 243 g/mol. The van der Waals surface area contributed by atoms with Crippen molar-refractivity contribution in [2.75, 3.05) is 24.7 Å². The predicted molar refractivity (Wildman–Crippen MR) is 65.2 cm³/mol. The molecule has 0 fully saturated rings. The van der Waals surface area contributed by atoms with Crippen LogP contribution in [-0.2, 0) is 10.8 Å². The lowest BCUT2D eigenvalue weighted by atomic mass is 10.4. The van der Waals surface area contributed by atoms with Crippen LogP contribution in [0.2, 0.25) is 0 Å². The molecule has 0 aliphatic rings. The molecule has 0 aliphatic carbocycles. The predicted octanol–water partition coefficient (Wildman–Crippen LogP) is 1.05. The van der Waals surface area contributed by atoms with Crippen molar-refractivity contribution in [3.63, 3.8) is 0 Å². The first-order valence-electron chi connectivity index (χ1n) is 5.14.